The largest absolute Gasteiger partial charge is 0.481 e. The van der Waals surface area contributed by atoms with Crippen molar-refractivity contribution in [1.82, 2.24) is 19.5 Å². The molecule has 3 heterocycles. The number of nitrogens with zero attached hydrogens (tertiary/aromatic N) is 4. The number of hydrogen-bond acceptors (Lipinski definition) is 8. The Morgan fingerprint density at radius 2 is 2.00 bits per heavy atom. The molecular formula is C21H26N6O4. The first-order valence-electron chi connectivity index (χ1n) is 10.0. The highest BCUT2D eigenvalue weighted by Gasteiger charge is 2.14. The molecule has 3 aromatic heterocycles. The highest BCUT2D eigenvalue weighted by molar-refractivity contribution is 5.79. The number of aromatic nitrogens is 4. The van der Waals surface area contributed by atoms with Crippen molar-refractivity contribution < 1.29 is 14.3 Å². The average Bonchev–Trinajstić information content (AvgIpc) is 2.78. The zero-order chi connectivity index (χ0) is 22.2. The molecule has 0 bridgehead atoms. The maximum absolute atomic E-state index is 13.1. The van der Waals surface area contributed by atoms with E-state index in [0.29, 0.717) is 36.8 Å². The van der Waals surface area contributed by atoms with Crippen molar-refractivity contribution in [2.75, 3.05) is 32.2 Å². The second-order valence-electron chi connectivity index (χ2n) is 6.83. The van der Waals surface area contributed by atoms with Crippen LogP contribution in [0, 0.1) is 0 Å². The number of hydrogen-bond donors (Lipinski definition) is 2. The van der Waals surface area contributed by atoms with E-state index in [4.69, 9.17) is 15.2 Å². The zero-order valence-electron chi connectivity index (χ0n) is 17.6. The lowest BCUT2D eigenvalue weighted by molar-refractivity contribution is -0.117. The number of nitrogens with two attached hydrogens (primary N) is 1. The van der Waals surface area contributed by atoms with E-state index in [1.807, 2.05) is 19.1 Å². The molecule has 0 unspecified atom stereocenters. The summed E-state index contributed by atoms with van der Waals surface area (Å²) in [6.07, 6.45) is 4.34. The fraction of sp³-hybridized carbons (Fsp3) is 0.381. The summed E-state index contributed by atoms with van der Waals surface area (Å²) < 4.78 is 12.3. The van der Waals surface area contributed by atoms with E-state index >= 15 is 0 Å². The summed E-state index contributed by atoms with van der Waals surface area (Å²) in [5, 5.41) is 2.89. The van der Waals surface area contributed by atoms with Gasteiger partial charge in [0.15, 0.2) is 11.5 Å². The number of carbonyl (C=O) groups excluding carboxylic acids is 1. The van der Waals surface area contributed by atoms with Crippen molar-refractivity contribution in [3.8, 4) is 17.0 Å². The van der Waals surface area contributed by atoms with Gasteiger partial charge in [0.05, 0.1) is 19.2 Å². The normalized spacial score (nSPS) is 10.9. The maximum atomic E-state index is 13.1. The second kappa shape index (κ2) is 10.5. The van der Waals surface area contributed by atoms with Crippen LogP contribution in [0.1, 0.15) is 19.8 Å². The Morgan fingerprint density at radius 1 is 1.19 bits per heavy atom. The van der Waals surface area contributed by atoms with Crippen LogP contribution in [-0.2, 0) is 16.1 Å². The number of primary amides is 1. The van der Waals surface area contributed by atoms with Crippen LogP contribution in [0.4, 0.5) is 5.82 Å². The summed E-state index contributed by atoms with van der Waals surface area (Å²) in [6, 6.07) is 5.48. The molecule has 0 radical (unpaired) electrons. The van der Waals surface area contributed by atoms with E-state index in [9.17, 15) is 9.59 Å². The van der Waals surface area contributed by atoms with E-state index in [1.54, 1.807) is 30.1 Å². The Morgan fingerprint density at radius 3 is 2.68 bits per heavy atom. The summed E-state index contributed by atoms with van der Waals surface area (Å²) in [4.78, 5) is 37.1. The van der Waals surface area contributed by atoms with E-state index < -0.39 is 5.91 Å². The highest BCUT2D eigenvalue weighted by atomic mass is 16.5. The molecule has 0 aliphatic rings. The van der Waals surface area contributed by atoms with Crippen LogP contribution in [0.15, 0.2) is 35.4 Å². The van der Waals surface area contributed by atoms with Gasteiger partial charge in [0.25, 0.3) is 5.56 Å². The minimum absolute atomic E-state index is 0.0929. The van der Waals surface area contributed by atoms with Crippen LogP contribution < -0.4 is 21.3 Å². The van der Waals surface area contributed by atoms with Gasteiger partial charge in [0.2, 0.25) is 11.8 Å². The molecule has 0 aliphatic carbocycles. The number of fused-ring (bicyclic) bond motifs is 1. The highest BCUT2D eigenvalue weighted by Crippen LogP contribution is 2.23. The van der Waals surface area contributed by atoms with Crippen molar-refractivity contribution in [3.05, 3.63) is 40.9 Å². The fourth-order valence-corrected chi connectivity index (χ4v) is 2.99. The van der Waals surface area contributed by atoms with Crippen LogP contribution >= 0.6 is 0 Å². The minimum atomic E-state index is -0.461. The summed E-state index contributed by atoms with van der Waals surface area (Å²) in [5.41, 5.74) is 7.47. The first-order chi connectivity index (χ1) is 15.0. The Balaban J connectivity index is 2.00. The molecule has 164 valence electrons. The summed E-state index contributed by atoms with van der Waals surface area (Å²) in [7, 11) is 1.56. The van der Waals surface area contributed by atoms with Gasteiger partial charge in [0, 0.05) is 55.7 Å². The predicted octanol–water partition coefficient (Wildman–Crippen LogP) is 1.58. The maximum Gasteiger partial charge on any atom is 0.293 e. The summed E-state index contributed by atoms with van der Waals surface area (Å²) in [6.45, 7) is 3.57. The van der Waals surface area contributed by atoms with Gasteiger partial charge in [-0.25, -0.2) is 15.0 Å². The molecule has 0 saturated carbocycles. The van der Waals surface area contributed by atoms with Crippen LogP contribution in [0.3, 0.4) is 0 Å². The average molecular weight is 426 g/mol. The second-order valence-corrected chi connectivity index (χ2v) is 6.83. The van der Waals surface area contributed by atoms with Crippen LogP contribution in [-0.4, -0.2) is 52.3 Å². The number of amides is 1. The van der Waals surface area contributed by atoms with E-state index in [1.165, 1.54) is 0 Å². The molecule has 10 nitrogen and oxygen atoms in total. The van der Waals surface area contributed by atoms with Gasteiger partial charge in [0.1, 0.15) is 0 Å². The molecule has 3 N–H and O–H groups in total. The van der Waals surface area contributed by atoms with Crippen LogP contribution in [0.25, 0.3) is 22.3 Å². The van der Waals surface area contributed by atoms with E-state index in [0.717, 1.165) is 17.5 Å². The van der Waals surface area contributed by atoms with E-state index in [-0.39, 0.29) is 24.3 Å². The van der Waals surface area contributed by atoms with Gasteiger partial charge >= 0.3 is 0 Å². The number of rotatable bonds is 11. The van der Waals surface area contributed by atoms with Crippen LogP contribution in [0.5, 0.6) is 5.88 Å². The van der Waals surface area contributed by atoms with Crippen molar-refractivity contribution in [1.29, 1.82) is 0 Å². The first kappa shape index (κ1) is 22.2. The Bertz CT molecular complexity index is 1100. The van der Waals surface area contributed by atoms with Gasteiger partial charge in [-0.05, 0) is 18.6 Å². The number of carbonyl (C=O) groups is 1. The topological polar surface area (TPSA) is 134 Å². The van der Waals surface area contributed by atoms with Gasteiger partial charge in [-0.2, -0.15) is 0 Å². The number of nitrogens with one attached hydrogen (secondary N) is 1. The third kappa shape index (κ3) is 5.54. The molecule has 31 heavy (non-hydrogen) atoms. The SMILES string of the molecule is CCCOCCn1c(=O)c(NCCC(N)=O)nc2ncc(-c3ccc(OC)nc3)cc21. The Hall–Kier alpha value is -3.53. The van der Waals surface area contributed by atoms with Gasteiger partial charge in [-0.1, -0.05) is 6.92 Å². The summed E-state index contributed by atoms with van der Waals surface area (Å²) >= 11 is 0. The van der Waals surface area contributed by atoms with Gasteiger partial charge < -0.3 is 20.5 Å². The quantitative estimate of drug-likeness (QED) is 0.441. The lowest BCUT2D eigenvalue weighted by Gasteiger charge is -2.14. The number of methoxy groups -OCH3 is 1. The van der Waals surface area contributed by atoms with Crippen molar-refractivity contribution in [3.63, 3.8) is 0 Å². The molecule has 3 rings (SSSR count). The molecule has 1 amide bonds. The molecule has 0 atom stereocenters. The Labute approximate surface area is 179 Å². The van der Waals surface area contributed by atoms with Gasteiger partial charge in [-0.15, -0.1) is 0 Å². The number of anilines is 1. The third-order valence-electron chi connectivity index (χ3n) is 4.55. The van der Waals surface area contributed by atoms with Crippen LogP contribution in [0.2, 0.25) is 0 Å². The number of ether oxygens (including phenoxy) is 2. The summed E-state index contributed by atoms with van der Waals surface area (Å²) in [5.74, 6) is 0.170. The molecule has 10 heteroatoms. The van der Waals surface area contributed by atoms with Gasteiger partial charge in [-0.3, -0.25) is 14.2 Å². The smallest absolute Gasteiger partial charge is 0.293 e. The van der Waals surface area contributed by atoms with Crippen molar-refractivity contribution >= 4 is 22.9 Å². The molecule has 0 fully saturated rings. The first-order valence-corrected chi connectivity index (χ1v) is 10.0. The molecule has 3 aromatic rings. The zero-order valence-corrected chi connectivity index (χ0v) is 17.6. The van der Waals surface area contributed by atoms with Crippen molar-refractivity contribution in [2.24, 2.45) is 5.73 Å². The van der Waals surface area contributed by atoms with E-state index in [2.05, 4.69) is 20.3 Å². The fourth-order valence-electron chi connectivity index (χ4n) is 2.99. The number of pyridine rings is 2. The molecular weight excluding hydrogens is 400 g/mol. The monoisotopic (exact) mass is 426 g/mol. The lowest BCUT2D eigenvalue weighted by atomic mass is 10.1. The molecule has 0 aromatic carbocycles. The lowest BCUT2D eigenvalue weighted by Crippen LogP contribution is -2.28. The molecule has 0 aliphatic heterocycles. The Kier molecular flexibility index (Phi) is 7.50. The molecule has 0 spiro atoms. The molecule has 0 saturated heterocycles. The van der Waals surface area contributed by atoms with Crippen molar-refractivity contribution in [2.45, 2.75) is 26.3 Å². The predicted molar refractivity (Wildman–Crippen MR) is 117 cm³/mol. The minimum Gasteiger partial charge on any atom is -0.481 e. The third-order valence-corrected chi connectivity index (χ3v) is 4.55. The standard InChI is InChI=1S/C21H26N6O4/c1-3-9-31-10-8-27-16-11-15(14-4-5-18(30-2)24-12-14)13-25-19(16)26-20(21(27)29)23-7-6-17(22)28/h4-5,11-13H,3,6-10H2,1-2H3,(H2,22,28)(H,23,25,26).